The number of benzene rings is 1. The summed E-state index contributed by atoms with van der Waals surface area (Å²) < 4.78 is 56.9. The summed E-state index contributed by atoms with van der Waals surface area (Å²) in [5, 5.41) is 11.6. The number of hydrogen-bond donors (Lipinski definition) is 1. The van der Waals surface area contributed by atoms with Gasteiger partial charge in [-0.2, -0.15) is 0 Å². The number of hydrogen-bond acceptors (Lipinski definition) is 5. The molecule has 1 N–H and O–H groups in total. The average molecular weight is 347 g/mol. The largest absolute Gasteiger partial charge is 0.457 e. The molecule has 0 fully saturated rings. The van der Waals surface area contributed by atoms with Crippen LogP contribution in [-0.2, 0) is 16.1 Å². The van der Waals surface area contributed by atoms with E-state index in [0.29, 0.717) is 6.07 Å². The van der Waals surface area contributed by atoms with Crippen LogP contribution in [0.4, 0.5) is 17.6 Å². The SMILES string of the molecule is C=C(C(=O)OCc1cc(F)c(F)c(F)c1F)C(O)c1nccs1. The molecule has 9 heteroatoms. The third-order valence-corrected chi connectivity index (χ3v) is 3.64. The van der Waals surface area contributed by atoms with Crippen LogP contribution in [0, 0.1) is 23.3 Å². The van der Waals surface area contributed by atoms with Gasteiger partial charge in [0.05, 0.1) is 5.57 Å². The molecule has 1 atom stereocenters. The zero-order chi connectivity index (χ0) is 17.1. The highest BCUT2D eigenvalue weighted by atomic mass is 32.1. The van der Waals surface area contributed by atoms with Crippen molar-refractivity contribution < 1.29 is 32.2 Å². The molecule has 2 rings (SSSR count). The molecule has 0 aliphatic carbocycles. The van der Waals surface area contributed by atoms with Crippen molar-refractivity contribution in [2.75, 3.05) is 0 Å². The lowest BCUT2D eigenvalue weighted by Gasteiger charge is -2.12. The Kier molecular flexibility index (Phi) is 5.12. The van der Waals surface area contributed by atoms with E-state index in [1.807, 2.05) is 0 Å². The van der Waals surface area contributed by atoms with Gasteiger partial charge in [0, 0.05) is 17.1 Å². The number of ether oxygens (including phenoxy) is 1. The second-order valence-corrected chi connectivity index (χ2v) is 5.26. The number of aliphatic hydroxyl groups is 1. The van der Waals surface area contributed by atoms with Crippen molar-refractivity contribution in [1.82, 2.24) is 4.98 Å². The number of nitrogens with zero attached hydrogens (tertiary/aromatic N) is 1. The molecule has 0 radical (unpaired) electrons. The molecule has 0 saturated carbocycles. The molecule has 1 unspecified atom stereocenters. The van der Waals surface area contributed by atoms with Crippen molar-refractivity contribution in [3.8, 4) is 0 Å². The van der Waals surface area contributed by atoms with Gasteiger partial charge in [0.15, 0.2) is 23.3 Å². The van der Waals surface area contributed by atoms with Gasteiger partial charge in [-0.1, -0.05) is 6.58 Å². The Morgan fingerprint density at radius 1 is 1.30 bits per heavy atom. The predicted molar refractivity (Wildman–Crippen MR) is 72.3 cm³/mol. The normalized spacial score (nSPS) is 12.0. The molecule has 0 aliphatic rings. The summed E-state index contributed by atoms with van der Waals surface area (Å²) in [6.07, 6.45) is -0.0181. The number of carbonyl (C=O) groups is 1. The van der Waals surface area contributed by atoms with Crippen molar-refractivity contribution in [1.29, 1.82) is 0 Å². The molecule has 122 valence electrons. The molecule has 4 nitrogen and oxygen atoms in total. The lowest BCUT2D eigenvalue weighted by atomic mass is 10.1. The van der Waals surface area contributed by atoms with E-state index in [2.05, 4.69) is 16.3 Å². The fourth-order valence-electron chi connectivity index (χ4n) is 1.59. The summed E-state index contributed by atoms with van der Waals surface area (Å²) in [6.45, 7) is 2.48. The van der Waals surface area contributed by atoms with Crippen LogP contribution >= 0.6 is 11.3 Å². The summed E-state index contributed by atoms with van der Waals surface area (Å²) in [7, 11) is 0. The van der Waals surface area contributed by atoms with Crippen LogP contribution in [0.1, 0.15) is 16.7 Å². The van der Waals surface area contributed by atoms with Crippen LogP contribution in [0.25, 0.3) is 0 Å². The van der Waals surface area contributed by atoms with Crippen LogP contribution in [0.15, 0.2) is 29.8 Å². The Bertz CT molecular complexity index is 749. The first-order valence-electron chi connectivity index (χ1n) is 6.08. The first-order chi connectivity index (χ1) is 10.8. The van der Waals surface area contributed by atoms with E-state index in [1.54, 1.807) is 5.38 Å². The Morgan fingerprint density at radius 2 is 2.00 bits per heavy atom. The van der Waals surface area contributed by atoms with Crippen LogP contribution in [0.5, 0.6) is 0 Å². The molecule has 0 saturated heterocycles. The van der Waals surface area contributed by atoms with Gasteiger partial charge in [0.25, 0.3) is 0 Å². The van der Waals surface area contributed by atoms with Gasteiger partial charge in [-0.3, -0.25) is 0 Å². The van der Waals surface area contributed by atoms with Gasteiger partial charge in [-0.05, 0) is 6.07 Å². The lowest BCUT2D eigenvalue weighted by molar-refractivity contribution is -0.141. The van der Waals surface area contributed by atoms with Gasteiger partial charge in [-0.25, -0.2) is 27.3 Å². The second-order valence-electron chi connectivity index (χ2n) is 4.33. The van der Waals surface area contributed by atoms with E-state index in [4.69, 9.17) is 0 Å². The molecule has 1 aromatic carbocycles. The van der Waals surface area contributed by atoms with E-state index in [-0.39, 0.29) is 10.6 Å². The third-order valence-electron chi connectivity index (χ3n) is 2.81. The molecule has 0 aliphatic heterocycles. The maximum atomic E-state index is 13.4. The summed E-state index contributed by atoms with van der Waals surface area (Å²) in [6, 6.07) is 0.376. The standard InChI is InChI=1S/C14H9F4NO3S/c1-6(12(20)13-19-2-3-23-13)14(21)22-5-7-4-8(15)10(17)11(18)9(7)16/h2-4,12,20H,1,5H2. The fourth-order valence-corrected chi connectivity index (χ4v) is 2.25. The Morgan fingerprint density at radius 3 is 2.61 bits per heavy atom. The molecule has 2 aromatic rings. The topological polar surface area (TPSA) is 59.4 Å². The summed E-state index contributed by atoms with van der Waals surface area (Å²) in [5.41, 5.74) is -1.07. The first kappa shape index (κ1) is 17.1. The number of esters is 1. The molecule has 1 aromatic heterocycles. The number of rotatable bonds is 5. The number of aliphatic hydroxyl groups excluding tert-OH is 1. The van der Waals surface area contributed by atoms with Crippen molar-refractivity contribution >= 4 is 17.3 Å². The van der Waals surface area contributed by atoms with Gasteiger partial charge in [0.1, 0.15) is 17.7 Å². The Balaban J connectivity index is 2.06. The van der Waals surface area contributed by atoms with E-state index >= 15 is 0 Å². The van der Waals surface area contributed by atoms with Crippen molar-refractivity contribution in [2.45, 2.75) is 12.7 Å². The second kappa shape index (κ2) is 6.88. The third kappa shape index (κ3) is 3.57. The van der Waals surface area contributed by atoms with Crippen LogP contribution in [0.2, 0.25) is 0 Å². The summed E-state index contributed by atoms with van der Waals surface area (Å²) in [4.78, 5) is 15.5. The monoisotopic (exact) mass is 347 g/mol. The Labute approximate surface area is 131 Å². The molecule has 0 spiro atoms. The Hall–Kier alpha value is -2.26. The zero-order valence-corrected chi connectivity index (χ0v) is 12.2. The molecular weight excluding hydrogens is 338 g/mol. The summed E-state index contributed by atoms with van der Waals surface area (Å²) >= 11 is 1.07. The maximum absolute atomic E-state index is 13.4. The first-order valence-corrected chi connectivity index (χ1v) is 6.96. The minimum absolute atomic E-state index is 0.192. The molecule has 23 heavy (non-hydrogen) atoms. The van der Waals surface area contributed by atoms with E-state index in [1.165, 1.54) is 6.20 Å². The fraction of sp³-hybridized carbons (Fsp3) is 0.143. The van der Waals surface area contributed by atoms with Gasteiger partial charge < -0.3 is 9.84 Å². The number of carbonyl (C=O) groups excluding carboxylic acids is 1. The highest BCUT2D eigenvalue weighted by Crippen LogP contribution is 2.24. The number of halogens is 4. The van der Waals surface area contributed by atoms with Crippen LogP contribution < -0.4 is 0 Å². The van der Waals surface area contributed by atoms with E-state index in [9.17, 15) is 27.5 Å². The molecule has 0 amide bonds. The van der Waals surface area contributed by atoms with E-state index in [0.717, 1.165) is 11.3 Å². The zero-order valence-electron chi connectivity index (χ0n) is 11.4. The molecule has 0 bridgehead atoms. The van der Waals surface area contributed by atoms with Gasteiger partial charge in [-0.15, -0.1) is 11.3 Å². The molecular formula is C14H9F4NO3S. The average Bonchev–Trinajstić information content (AvgIpc) is 3.07. The highest BCUT2D eigenvalue weighted by Gasteiger charge is 2.23. The quantitative estimate of drug-likeness (QED) is 0.297. The van der Waals surface area contributed by atoms with Crippen molar-refractivity contribution in [2.24, 2.45) is 0 Å². The maximum Gasteiger partial charge on any atom is 0.336 e. The minimum Gasteiger partial charge on any atom is -0.457 e. The summed E-state index contributed by atoms with van der Waals surface area (Å²) in [5.74, 6) is -8.35. The minimum atomic E-state index is -2.00. The highest BCUT2D eigenvalue weighted by molar-refractivity contribution is 7.09. The lowest BCUT2D eigenvalue weighted by Crippen LogP contribution is -2.14. The van der Waals surface area contributed by atoms with Crippen LogP contribution in [0.3, 0.4) is 0 Å². The number of thiazole rings is 1. The van der Waals surface area contributed by atoms with Crippen molar-refractivity contribution in [3.05, 3.63) is 63.6 Å². The van der Waals surface area contributed by atoms with Crippen LogP contribution in [-0.4, -0.2) is 16.1 Å². The van der Waals surface area contributed by atoms with Gasteiger partial charge >= 0.3 is 5.97 Å². The smallest absolute Gasteiger partial charge is 0.336 e. The molecule has 1 heterocycles. The van der Waals surface area contributed by atoms with Crippen molar-refractivity contribution in [3.63, 3.8) is 0 Å². The van der Waals surface area contributed by atoms with Gasteiger partial charge in [0.2, 0.25) is 0 Å². The predicted octanol–water partition coefficient (Wildman–Crippen LogP) is 3.03. The van der Waals surface area contributed by atoms with E-state index < -0.39 is 47.5 Å². The number of aromatic nitrogens is 1.